The highest BCUT2D eigenvalue weighted by Gasteiger charge is 2.18. The van der Waals surface area contributed by atoms with Gasteiger partial charge in [0.15, 0.2) is 17.5 Å². The Balaban J connectivity index is 1.24. The predicted molar refractivity (Wildman–Crippen MR) is 182 cm³/mol. The summed E-state index contributed by atoms with van der Waals surface area (Å²) in [6.07, 6.45) is 3.67. The molecule has 3 aromatic heterocycles. The van der Waals surface area contributed by atoms with Gasteiger partial charge in [-0.15, -0.1) is 0 Å². The monoisotopic (exact) mass is 576 g/mol. The van der Waals surface area contributed by atoms with Crippen molar-refractivity contribution in [3.05, 3.63) is 146 Å². The molecule has 0 radical (unpaired) electrons. The highest BCUT2D eigenvalue weighted by Crippen LogP contribution is 2.38. The summed E-state index contributed by atoms with van der Waals surface area (Å²) < 4.78 is 6.34. The maximum absolute atomic E-state index is 6.34. The fourth-order valence-electron chi connectivity index (χ4n) is 6.13. The van der Waals surface area contributed by atoms with Crippen LogP contribution in [0.15, 0.2) is 150 Å². The molecule has 0 unspecified atom stereocenters. The van der Waals surface area contributed by atoms with Crippen LogP contribution < -0.4 is 0 Å². The Kier molecular flexibility index (Phi) is 5.74. The number of nitrogens with zero attached hydrogens (tertiary/aromatic N) is 4. The van der Waals surface area contributed by atoms with Crippen LogP contribution in [0.3, 0.4) is 0 Å². The van der Waals surface area contributed by atoms with Crippen molar-refractivity contribution in [3.8, 4) is 45.3 Å². The average molecular weight is 577 g/mol. The van der Waals surface area contributed by atoms with Crippen molar-refractivity contribution < 1.29 is 4.42 Å². The Morgan fingerprint density at radius 1 is 0.422 bits per heavy atom. The zero-order chi connectivity index (χ0) is 29.7. The van der Waals surface area contributed by atoms with Gasteiger partial charge in [-0.3, -0.25) is 4.98 Å². The minimum Gasteiger partial charge on any atom is -0.456 e. The number of rotatable bonds is 4. The van der Waals surface area contributed by atoms with E-state index in [4.69, 9.17) is 19.4 Å². The van der Waals surface area contributed by atoms with Gasteiger partial charge in [0.1, 0.15) is 11.2 Å². The zero-order valence-electron chi connectivity index (χ0n) is 24.1. The standard InChI is InChI=1S/C40H24N4O/c1-3-8-25(9-4-1)27-14-15-29-21-31(17-16-28(29)20-27)39-42-38(26-10-5-2-6-11-26)43-40(44-39)33-12-7-13-35-37(33)34-22-30-18-19-41-24-32(30)23-36(34)45-35/h1-24H. The summed E-state index contributed by atoms with van der Waals surface area (Å²) in [6, 6.07) is 45.8. The van der Waals surface area contributed by atoms with Crippen molar-refractivity contribution in [1.82, 2.24) is 19.9 Å². The van der Waals surface area contributed by atoms with Gasteiger partial charge in [0, 0.05) is 45.2 Å². The minimum atomic E-state index is 0.599. The lowest BCUT2D eigenvalue weighted by Crippen LogP contribution is -2.00. The number of benzene rings is 6. The van der Waals surface area contributed by atoms with E-state index in [-0.39, 0.29) is 0 Å². The van der Waals surface area contributed by atoms with E-state index in [2.05, 4.69) is 77.8 Å². The molecule has 0 aliphatic carbocycles. The molecule has 0 saturated carbocycles. The van der Waals surface area contributed by atoms with Crippen molar-refractivity contribution in [1.29, 1.82) is 0 Å². The molecule has 0 spiro atoms. The third kappa shape index (κ3) is 4.41. The van der Waals surface area contributed by atoms with E-state index >= 15 is 0 Å². The van der Waals surface area contributed by atoms with Crippen molar-refractivity contribution in [2.75, 3.05) is 0 Å². The van der Waals surface area contributed by atoms with E-state index in [9.17, 15) is 0 Å². The maximum atomic E-state index is 6.34. The molecular weight excluding hydrogens is 552 g/mol. The lowest BCUT2D eigenvalue weighted by atomic mass is 10.00. The Labute approximate surface area is 258 Å². The second kappa shape index (κ2) is 10.2. The molecule has 9 rings (SSSR count). The zero-order valence-corrected chi connectivity index (χ0v) is 24.1. The highest BCUT2D eigenvalue weighted by molar-refractivity contribution is 6.15. The van der Waals surface area contributed by atoms with Crippen LogP contribution in [0.5, 0.6) is 0 Å². The first-order valence-corrected chi connectivity index (χ1v) is 14.9. The Bertz CT molecular complexity index is 2540. The molecule has 5 heteroatoms. The largest absolute Gasteiger partial charge is 0.456 e. The van der Waals surface area contributed by atoms with Crippen LogP contribution in [0, 0.1) is 0 Å². The molecule has 0 bridgehead atoms. The molecule has 0 N–H and O–H groups in total. The second-order valence-electron chi connectivity index (χ2n) is 11.2. The molecule has 210 valence electrons. The SMILES string of the molecule is c1ccc(-c2ccc3cc(-c4nc(-c5ccccc5)nc(-c5cccc6oc7cc8cnccc8cc7c56)n4)ccc3c2)cc1. The fraction of sp³-hybridized carbons (Fsp3) is 0. The lowest BCUT2D eigenvalue weighted by Gasteiger charge is -2.10. The number of hydrogen-bond donors (Lipinski definition) is 0. The van der Waals surface area contributed by atoms with Crippen LogP contribution in [0.25, 0.3) is 88.8 Å². The number of fused-ring (bicyclic) bond motifs is 5. The molecule has 0 atom stereocenters. The van der Waals surface area contributed by atoms with Gasteiger partial charge >= 0.3 is 0 Å². The molecule has 6 aromatic carbocycles. The number of pyridine rings is 1. The summed E-state index contributed by atoms with van der Waals surface area (Å²) in [6.45, 7) is 0. The Hall–Kier alpha value is -6.20. The van der Waals surface area contributed by atoms with Gasteiger partial charge in [0.25, 0.3) is 0 Å². The van der Waals surface area contributed by atoms with Crippen LogP contribution in [-0.2, 0) is 0 Å². The van der Waals surface area contributed by atoms with E-state index in [0.29, 0.717) is 17.5 Å². The van der Waals surface area contributed by atoms with Crippen LogP contribution >= 0.6 is 0 Å². The van der Waals surface area contributed by atoms with Crippen LogP contribution in [-0.4, -0.2) is 19.9 Å². The molecule has 3 heterocycles. The summed E-state index contributed by atoms with van der Waals surface area (Å²) in [7, 11) is 0. The van der Waals surface area contributed by atoms with Gasteiger partial charge in [-0.05, 0) is 63.7 Å². The molecule has 0 amide bonds. The summed E-state index contributed by atoms with van der Waals surface area (Å²) in [5.74, 6) is 1.84. The van der Waals surface area contributed by atoms with Gasteiger partial charge in [-0.2, -0.15) is 0 Å². The van der Waals surface area contributed by atoms with E-state index < -0.39 is 0 Å². The van der Waals surface area contributed by atoms with Crippen molar-refractivity contribution >= 4 is 43.5 Å². The minimum absolute atomic E-state index is 0.599. The Morgan fingerprint density at radius 3 is 1.89 bits per heavy atom. The fourth-order valence-corrected chi connectivity index (χ4v) is 6.13. The lowest BCUT2D eigenvalue weighted by molar-refractivity contribution is 0.669. The topological polar surface area (TPSA) is 64.7 Å². The van der Waals surface area contributed by atoms with E-state index in [0.717, 1.165) is 60.2 Å². The third-order valence-corrected chi connectivity index (χ3v) is 8.37. The maximum Gasteiger partial charge on any atom is 0.164 e. The summed E-state index contributed by atoms with van der Waals surface area (Å²) in [4.78, 5) is 19.4. The van der Waals surface area contributed by atoms with Crippen LogP contribution in [0.1, 0.15) is 0 Å². The van der Waals surface area contributed by atoms with E-state index in [1.54, 1.807) is 0 Å². The van der Waals surface area contributed by atoms with Crippen molar-refractivity contribution in [2.24, 2.45) is 0 Å². The number of aromatic nitrogens is 4. The normalized spacial score (nSPS) is 11.6. The second-order valence-corrected chi connectivity index (χ2v) is 11.2. The van der Waals surface area contributed by atoms with Gasteiger partial charge in [-0.1, -0.05) is 97.1 Å². The summed E-state index contributed by atoms with van der Waals surface area (Å²) in [5, 5.41) is 6.42. The first kappa shape index (κ1) is 25.3. The molecule has 5 nitrogen and oxygen atoms in total. The molecule has 0 fully saturated rings. The number of furan rings is 1. The smallest absolute Gasteiger partial charge is 0.164 e. The van der Waals surface area contributed by atoms with Gasteiger partial charge < -0.3 is 4.42 Å². The molecule has 0 saturated heterocycles. The van der Waals surface area contributed by atoms with E-state index in [1.165, 1.54) is 11.1 Å². The molecule has 9 aromatic rings. The van der Waals surface area contributed by atoms with Gasteiger partial charge in [-0.25, -0.2) is 15.0 Å². The summed E-state index contributed by atoms with van der Waals surface area (Å²) >= 11 is 0. The predicted octanol–water partition coefficient (Wildman–Crippen LogP) is 10.1. The quantitative estimate of drug-likeness (QED) is 0.209. The molecule has 45 heavy (non-hydrogen) atoms. The van der Waals surface area contributed by atoms with Crippen LogP contribution in [0.4, 0.5) is 0 Å². The first-order chi connectivity index (χ1) is 22.3. The van der Waals surface area contributed by atoms with E-state index in [1.807, 2.05) is 73.1 Å². The van der Waals surface area contributed by atoms with Gasteiger partial charge in [0.05, 0.1) is 0 Å². The van der Waals surface area contributed by atoms with Crippen molar-refractivity contribution in [2.45, 2.75) is 0 Å². The third-order valence-electron chi connectivity index (χ3n) is 8.37. The number of hydrogen-bond acceptors (Lipinski definition) is 5. The summed E-state index contributed by atoms with van der Waals surface area (Å²) in [5.41, 5.74) is 6.73. The molecule has 0 aliphatic heterocycles. The molecule has 0 aliphatic rings. The highest BCUT2D eigenvalue weighted by atomic mass is 16.3. The first-order valence-electron chi connectivity index (χ1n) is 14.9. The Morgan fingerprint density at radius 2 is 1.09 bits per heavy atom. The van der Waals surface area contributed by atoms with Crippen LogP contribution in [0.2, 0.25) is 0 Å². The molecular formula is C40H24N4O. The average Bonchev–Trinajstić information content (AvgIpc) is 3.48. The van der Waals surface area contributed by atoms with Crippen molar-refractivity contribution in [3.63, 3.8) is 0 Å². The van der Waals surface area contributed by atoms with Gasteiger partial charge in [0.2, 0.25) is 0 Å².